The Labute approximate surface area is 98.3 Å². The van der Waals surface area contributed by atoms with Gasteiger partial charge in [0.1, 0.15) is 0 Å². The zero-order valence-electron chi connectivity index (χ0n) is 9.92. The molecule has 90 valence electrons. The van der Waals surface area contributed by atoms with Crippen LogP contribution in [0.25, 0.3) is 11.3 Å². The van der Waals surface area contributed by atoms with E-state index in [1.807, 2.05) is 13.8 Å². The fraction of sp³-hybridized carbons (Fsp3) is 0.308. The van der Waals surface area contributed by atoms with E-state index in [9.17, 15) is 8.78 Å². The molecule has 0 bridgehead atoms. The van der Waals surface area contributed by atoms with Crippen LogP contribution in [0.2, 0.25) is 0 Å². The van der Waals surface area contributed by atoms with Crippen LogP contribution >= 0.6 is 0 Å². The van der Waals surface area contributed by atoms with Gasteiger partial charge in [-0.25, -0.2) is 13.8 Å². The minimum atomic E-state index is -0.876. The number of aryl methyl sites for hydroxylation is 1. The van der Waals surface area contributed by atoms with Crippen molar-refractivity contribution < 1.29 is 13.2 Å². The maximum Gasteiger partial charge on any atom is 0.191 e. The van der Waals surface area contributed by atoms with Crippen molar-refractivity contribution in [2.24, 2.45) is 0 Å². The van der Waals surface area contributed by atoms with Crippen molar-refractivity contribution in [2.75, 3.05) is 0 Å². The van der Waals surface area contributed by atoms with Gasteiger partial charge in [-0.15, -0.1) is 0 Å². The summed E-state index contributed by atoms with van der Waals surface area (Å²) in [5, 5.41) is 0. The molecule has 2 nitrogen and oxygen atoms in total. The van der Waals surface area contributed by atoms with Gasteiger partial charge in [0.25, 0.3) is 0 Å². The number of hydrogen-bond donors (Lipinski definition) is 0. The number of halogens is 2. The molecule has 0 fully saturated rings. The Morgan fingerprint density at radius 3 is 2.35 bits per heavy atom. The molecule has 0 amide bonds. The van der Waals surface area contributed by atoms with Crippen molar-refractivity contribution >= 4 is 0 Å². The molecule has 0 aliphatic heterocycles. The Hall–Kier alpha value is -1.71. The van der Waals surface area contributed by atoms with Crippen molar-refractivity contribution in [3.63, 3.8) is 0 Å². The minimum Gasteiger partial charge on any atom is -0.441 e. The van der Waals surface area contributed by atoms with E-state index in [2.05, 4.69) is 4.98 Å². The zero-order valence-corrected chi connectivity index (χ0v) is 9.92. The molecule has 1 heterocycles. The van der Waals surface area contributed by atoms with Gasteiger partial charge in [0.2, 0.25) is 0 Å². The monoisotopic (exact) mass is 237 g/mol. The Bertz CT molecular complexity index is 546. The van der Waals surface area contributed by atoms with E-state index >= 15 is 0 Å². The van der Waals surface area contributed by atoms with Gasteiger partial charge in [0, 0.05) is 12.5 Å². The summed E-state index contributed by atoms with van der Waals surface area (Å²) < 4.78 is 31.9. The van der Waals surface area contributed by atoms with Crippen molar-refractivity contribution in [3.8, 4) is 11.3 Å². The maximum absolute atomic E-state index is 13.3. The van der Waals surface area contributed by atoms with Crippen LogP contribution in [0.3, 0.4) is 0 Å². The van der Waals surface area contributed by atoms with Crippen LogP contribution in [-0.4, -0.2) is 4.98 Å². The number of hydrogen-bond acceptors (Lipinski definition) is 2. The van der Waals surface area contributed by atoms with Crippen LogP contribution in [-0.2, 0) is 0 Å². The molecular formula is C13H13F2NO. The predicted molar refractivity (Wildman–Crippen MR) is 60.7 cm³/mol. The number of rotatable bonds is 2. The molecule has 2 rings (SSSR count). The Balaban J connectivity index is 2.63. The summed E-state index contributed by atoms with van der Waals surface area (Å²) >= 11 is 0. The molecule has 1 aromatic heterocycles. The lowest BCUT2D eigenvalue weighted by atomic mass is 9.95. The van der Waals surface area contributed by atoms with Crippen LogP contribution in [0.5, 0.6) is 0 Å². The largest absolute Gasteiger partial charge is 0.441 e. The smallest absolute Gasteiger partial charge is 0.191 e. The third-order valence-electron chi connectivity index (χ3n) is 2.60. The van der Waals surface area contributed by atoms with E-state index in [-0.39, 0.29) is 5.92 Å². The Morgan fingerprint density at radius 1 is 1.18 bits per heavy atom. The van der Waals surface area contributed by atoms with Gasteiger partial charge in [-0.3, -0.25) is 0 Å². The molecular weight excluding hydrogens is 224 g/mol. The van der Waals surface area contributed by atoms with Gasteiger partial charge in [0.05, 0.1) is 6.20 Å². The van der Waals surface area contributed by atoms with E-state index in [1.165, 1.54) is 12.3 Å². The van der Waals surface area contributed by atoms with Gasteiger partial charge >= 0.3 is 0 Å². The minimum absolute atomic E-state index is 0.0745. The first-order valence-corrected chi connectivity index (χ1v) is 5.40. The molecule has 0 N–H and O–H groups in total. The molecule has 17 heavy (non-hydrogen) atoms. The third kappa shape index (κ3) is 2.20. The molecule has 4 heteroatoms. The molecule has 0 radical (unpaired) electrons. The first-order valence-electron chi connectivity index (χ1n) is 5.40. The van der Waals surface area contributed by atoms with E-state index in [0.717, 1.165) is 6.07 Å². The van der Waals surface area contributed by atoms with Gasteiger partial charge in [0.15, 0.2) is 23.3 Å². The van der Waals surface area contributed by atoms with Crippen molar-refractivity contribution in [1.82, 2.24) is 4.98 Å². The van der Waals surface area contributed by atoms with Crippen molar-refractivity contribution in [2.45, 2.75) is 26.7 Å². The normalized spacial score (nSPS) is 11.2. The Morgan fingerprint density at radius 2 is 1.82 bits per heavy atom. The average molecular weight is 237 g/mol. The van der Waals surface area contributed by atoms with Crippen molar-refractivity contribution in [3.05, 3.63) is 41.4 Å². The first-order chi connectivity index (χ1) is 7.99. The van der Waals surface area contributed by atoms with E-state index in [0.29, 0.717) is 22.8 Å². The van der Waals surface area contributed by atoms with Crippen molar-refractivity contribution in [1.29, 1.82) is 0 Å². The highest BCUT2D eigenvalue weighted by molar-refractivity contribution is 5.62. The number of oxazole rings is 1. The molecule has 0 aliphatic carbocycles. The second-order valence-corrected chi connectivity index (χ2v) is 4.25. The molecule has 1 aromatic carbocycles. The molecule has 0 unspecified atom stereocenters. The zero-order chi connectivity index (χ0) is 12.6. The summed E-state index contributed by atoms with van der Waals surface area (Å²) in [5.41, 5.74) is 1.26. The molecule has 0 atom stereocenters. The summed E-state index contributed by atoms with van der Waals surface area (Å²) in [4.78, 5) is 3.96. The molecule has 2 aromatic rings. The summed E-state index contributed by atoms with van der Waals surface area (Å²) in [7, 11) is 0. The fourth-order valence-corrected chi connectivity index (χ4v) is 1.74. The van der Waals surface area contributed by atoms with Crippen LogP contribution in [0.1, 0.15) is 31.2 Å². The summed E-state index contributed by atoms with van der Waals surface area (Å²) in [6, 6.07) is 2.37. The summed E-state index contributed by atoms with van der Waals surface area (Å²) in [5.74, 6) is -0.679. The Kier molecular flexibility index (Phi) is 2.96. The molecule has 0 aliphatic rings. The highest BCUT2D eigenvalue weighted by Gasteiger charge is 2.16. The lowest BCUT2D eigenvalue weighted by molar-refractivity contribution is 0.503. The topological polar surface area (TPSA) is 26.0 Å². The third-order valence-corrected chi connectivity index (χ3v) is 2.60. The van der Waals surface area contributed by atoms with Crippen LogP contribution in [0.15, 0.2) is 22.7 Å². The fourth-order valence-electron chi connectivity index (χ4n) is 1.74. The molecule has 0 spiro atoms. The highest BCUT2D eigenvalue weighted by Crippen LogP contribution is 2.31. The summed E-state index contributed by atoms with van der Waals surface area (Å²) in [6.45, 7) is 5.54. The lowest BCUT2D eigenvalue weighted by Crippen LogP contribution is -1.96. The predicted octanol–water partition coefficient (Wildman–Crippen LogP) is 4.05. The number of nitrogens with zero attached hydrogens (tertiary/aromatic N) is 1. The lowest BCUT2D eigenvalue weighted by Gasteiger charge is -2.11. The van der Waals surface area contributed by atoms with E-state index in [4.69, 9.17) is 4.42 Å². The molecule has 0 saturated carbocycles. The molecule has 0 saturated heterocycles. The highest BCUT2D eigenvalue weighted by atomic mass is 19.2. The second kappa shape index (κ2) is 4.28. The van der Waals surface area contributed by atoms with Crippen LogP contribution in [0, 0.1) is 18.6 Å². The van der Waals surface area contributed by atoms with Crippen LogP contribution in [0.4, 0.5) is 8.78 Å². The van der Waals surface area contributed by atoms with Gasteiger partial charge < -0.3 is 4.42 Å². The van der Waals surface area contributed by atoms with E-state index in [1.54, 1.807) is 6.92 Å². The first kappa shape index (κ1) is 11.8. The number of benzene rings is 1. The summed E-state index contributed by atoms with van der Waals surface area (Å²) in [6.07, 6.45) is 1.52. The SMILES string of the molecule is Cc1ncc(-c2cc(F)c(F)cc2C(C)C)o1. The van der Waals surface area contributed by atoms with Crippen LogP contribution < -0.4 is 0 Å². The quantitative estimate of drug-likeness (QED) is 0.787. The van der Waals surface area contributed by atoms with Gasteiger partial charge in [-0.1, -0.05) is 13.8 Å². The maximum atomic E-state index is 13.3. The second-order valence-electron chi connectivity index (χ2n) is 4.25. The van der Waals surface area contributed by atoms with Gasteiger partial charge in [-0.2, -0.15) is 0 Å². The standard InChI is InChI=1S/C13H13F2NO/c1-7(2)9-4-11(14)12(15)5-10(9)13-6-16-8(3)17-13/h4-7H,1-3H3. The number of aromatic nitrogens is 1. The van der Waals surface area contributed by atoms with E-state index < -0.39 is 11.6 Å². The average Bonchev–Trinajstić information content (AvgIpc) is 2.68. The van der Waals surface area contributed by atoms with Gasteiger partial charge in [-0.05, 0) is 23.6 Å².